The lowest BCUT2D eigenvalue weighted by Crippen LogP contribution is -2.18. The van der Waals surface area contributed by atoms with Crippen LogP contribution in [0.5, 0.6) is 0 Å². The molecular formula is C15H11N3O5. The number of carbonyl (C=O) groups excluding carboxylic acids is 1. The van der Waals surface area contributed by atoms with Crippen LogP contribution in [0.15, 0.2) is 35.1 Å². The van der Waals surface area contributed by atoms with Gasteiger partial charge in [-0.15, -0.1) is 0 Å². The Kier molecular flexibility index (Phi) is 4.52. The van der Waals surface area contributed by atoms with Crippen molar-refractivity contribution < 1.29 is 14.5 Å². The number of aromatic amines is 1. The topological polar surface area (TPSA) is 126 Å². The molecule has 0 aliphatic heterocycles. The lowest BCUT2D eigenvalue weighted by molar-refractivity contribution is -0.384. The minimum atomic E-state index is -0.764. The van der Waals surface area contributed by atoms with Gasteiger partial charge in [-0.1, -0.05) is 12.1 Å². The van der Waals surface area contributed by atoms with Crippen LogP contribution in [0.2, 0.25) is 0 Å². The summed E-state index contributed by atoms with van der Waals surface area (Å²) < 4.78 is 4.81. The number of esters is 1. The number of hydrogen-bond donors (Lipinski definition) is 1. The Labute approximate surface area is 130 Å². The van der Waals surface area contributed by atoms with Gasteiger partial charge in [0.25, 0.3) is 11.2 Å². The zero-order chi connectivity index (χ0) is 17.0. The third kappa shape index (κ3) is 3.24. The first-order valence-corrected chi connectivity index (χ1v) is 6.57. The van der Waals surface area contributed by atoms with Crippen molar-refractivity contribution in [2.75, 3.05) is 6.61 Å². The fourth-order valence-electron chi connectivity index (χ4n) is 2.00. The van der Waals surface area contributed by atoms with Crippen molar-refractivity contribution in [3.63, 3.8) is 0 Å². The normalized spacial score (nSPS) is 9.91. The minimum Gasteiger partial charge on any atom is -0.461 e. The van der Waals surface area contributed by atoms with Crippen molar-refractivity contribution in [2.24, 2.45) is 0 Å². The Balaban J connectivity index is 2.67. The number of nitrogens with one attached hydrogen (secondary N) is 1. The molecule has 23 heavy (non-hydrogen) atoms. The summed E-state index contributed by atoms with van der Waals surface area (Å²) in [4.78, 5) is 36.3. The molecule has 0 atom stereocenters. The molecule has 1 N–H and O–H groups in total. The standard InChI is InChI=1S/C15H11N3O5/c1-2-23-15(20)13-7-11(12(8-16)14(19)17-13)9-4-3-5-10(6-9)18(21)22/h3-7H,2H2,1H3,(H,17,19). The highest BCUT2D eigenvalue weighted by Gasteiger charge is 2.17. The lowest BCUT2D eigenvalue weighted by atomic mass is 10.0. The maximum atomic E-state index is 12.0. The first-order valence-electron chi connectivity index (χ1n) is 6.57. The van der Waals surface area contributed by atoms with Gasteiger partial charge >= 0.3 is 5.97 Å². The molecule has 2 rings (SSSR count). The number of nitriles is 1. The van der Waals surface area contributed by atoms with E-state index in [-0.39, 0.29) is 34.7 Å². The summed E-state index contributed by atoms with van der Waals surface area (Å²) in [5.41, 5.74) is -0.907. The van der Waals surface area contributed by atoms with E-state index < -0.39 is 16.5 Å². The van der Waals surface area contributed by atoms with Crippen molar-refractivity contribution in [3.05, 3.63) is 62.1 Å². The second-order valence-corrected chi connectivity index (χ2v) is 4.44. The number of nitrogens with zero attached hydrogens (tertiary/aromatic N) is 2. The van der Waals surface area contributed by atoms with E-state index in [9.17, 15) is 19.7 Å². The van der Waals surface area contributed by atoms with Crippen LogP contribution >= 0.6 is 0 Å². The van der Waals surface area contributed by atoms with Gasteiger partial charge in [0.15, 0.2) is 0 Å². The molecule has 0 aliphatic rings. The van der Waals surface area contributed by atoms with E-state index in [1.807, 2.05) is 0 Å². The van der Waals surface area contributed by atoms with Gasteiger partial charge < -0.3 is 9.72 Å². The van der Waals surface area contributed by atoms with Crippen LogP contribution < -0.4 is 5.56 Å². The van der Waals surface area contributed by atoms with Crippen LogP contribution in [0.3, 0.4) is 0 Å². The Bertz CT molecular complexity index is 879. The fourth-order valence-corrected chi connectivity index (χ4v) is 2.00. The van der Waals surface area contributed by atoms with Crippen LogP contribution in [0.4, 0.5) is 5.69 Å². The molecule has 0 radical (unpaired) electrons. The summed E-state index contributed by atoms with van der Waals surface area (Å²) >= 11 is 0. The third-order valence-corrected chi connectivity index (χ3v) is 3.01. The number of aromatic nitrogens is 1. The van der Waals surface area contributed by atoms with Crippen LogP contribution in [-0.2, 0) is 4.74 Å². The van der Waals surface area contributed by atoms with E-state index in [0.717, 1.165) is 0 Å². The molecule has 1 aromatic heterocycles. The van der Waals surface area contributed by atoms with Gasteiger partial charge in [0.2, 0.25) is 0 Å². The van der Waals surface area contributed by atoms with Gasteiger partial charge in [-0.2, -0.15) is 5.26 Å². The number of nitro benzene ring substituents is 1. The average Bonchev–Trinajstić information content (AvgIpc) is 2.54. The minimum absolute atomic E-state index is 0.118. The van der Waals surface area contributed by atoms with Crippen LogP contribution in [-0.4, -0.2) is 22.5 Å². The maximum Gasteiger partial charge on any atom is 0.354 e. The van der Waals surface area contributed by atoms with Crippen molar-refractivity contribution >= 4 is 11.7 Å². The summed E-state index contributed by atoms with van der Waals surface area (Å²) in [5, 5.41) is 20.0. The summed E-state index contributed by atoms with van der Waals surface area (Å²) in [5.74, 6) is -0.749. The van der Waals surface area contributed by atoms with Gasteiger partial charge in [0, 0.05) is 17.7 Å². The predicted octanol–water partition coefficient (Wildman–Crippen LogP) is 2.00. The van der Waals surface area contributed by atoms with E-state index in [4.69, 9.17) is 10.00 Å². The smallest absolute Gasteiger partial charge is 0.354 e. The molecular weight excluding hydrogens is 302 g/mol. The molecule has 0 spiro atoms. The fraction of sp³-hybridized carbons (Fsp3) is 0.133. The second kappa shape index (κ2) is 6.53. The molecule has 0 saturated carbocycles. The Morgan fingerprint density at radius 2 is 2.17 bits per heavy atom. The summed E-state index contributed by atoms with van der Waals surface area (Å²) in [7, 11) is 0. The molecule has 0 saturated heterocycles. The molecule has 2 aromatic rings. The molecule has 0 unspecified atom stereocenters. The van der Waals surface area contributed by atoms with Gasteiger partial charge in [-0.05, 0) is 18.6 Å². The number of H-pyrrole nitrogens is 1. The van der Waals surface area contributed by atoms with E-state index >= 15 is 0 Å². The summed E-state index contributed by atoms with van der Waals surface area (Å²) in [6, 6.07) is 8.47. The molecule has 0 bridgehead atoms. The molecule has 8 nitrogen and oxygen atoms in total. The monoisotopic (exact) mass is 313 g/mol. The SMILES string of the molecule is CCOC(=O)c1cc(-c2cccc([N+](=O)[O-])c2)c(C#N)c(=O)[nH]1. The van der Waals surface area contributed by atoms with Crippen molar-refractivity contribution in [2.45, 2.75) is 6.92 Å². The molecule has 1 heterocycles. The molecule has 8 heteroatoms. The number of non-ortho nitro benzene ring substituents is 1. The molecule has 0 amide bonds. The van der Waals surface area contributed by atoms with E-state index in [1.165, 1.54) is 30.3 Å². The van der Waals surface area contributed by atoms with Gasteiger partial charge in [0.1, 0.15) is 17.3 Å². The van der Waals surface area contributed by atoms with Crippen molar-refractivity contribution in [1.29, 1.82) is 5.26 Å². The van der Waals surface area contributed by atoms with Crippen LogP contribution in [0, 0.1) is 21.4 Å². The predicted molar refractivity (Wildman–Crippen MR) is 79.8 cm³/mol. The van der Waals surface area contributed by atoms with Gasteiger partial charge in [-0.25, -0.2) is 4.79 Å². The lowest BCUT2D eigenvalue weighted by Gasteiger charge is -2.07. The van der Waals surface area contributed by atoms with E-state index in [0.29, 0.717) is 0 Å². The quantitative estimate of drug-likeness (QED) is 0.522. The van der Waals surface area contributed by atoms with Crippen molar-refractivity contribution in [1.82, 2.24) is 4.98 Å². The summed E-state index contributed by atoms with van der Waals surface area (Å²) in [6.07, 6.45) is 0. The van der Waals surface area contributed by atoms with Gasteiger partial charge in [-0.3, -0.25) is 14.9 Å². The Morgan fingerprint density at radius 1 is 1.43 bits per heavy atom. The number of rotatable bonds is 4. The molecule has 0 aliphatic carbocycles. The first kappa shape index (κ1) is 15.9. The maximum absolute atomic E-state index is 12.0. The van der Waals surface area contributed by atoms with E-state index in [1.54, 1.807) is 13.0 Å². The number of ether oxygens (including phenoxy) is 1. The largest absolute Gasteiger partial charge is 0.461 e. The Hall–Kier alpha value is -3.47. The zero-order valence-corrected chi connectivity index (χ0v) is 12.0. The number of carbonyl (C=O) groups is 1. The third-order valence-electron chi connectivity index (χ3n) is 3.01. The van der Waals surface area contributed by atoms with Gasteiger partial charge in [0.05, 0.1) is 11.5 Å². The highest BCUT2D eigenvalue weighted by Crippen LogP contribution is 2.25. The highest BCUT2D eigenvalue weighted by molar-refractivity contribution is 5.89. The van der Waals surface area contributed by atoms with E-state index in [2.05, 4.69) is 4.98 Å². The molecule has 0 fully saturated rings. The highest BCUT2D eigenvalue weighted by atomic mass is 16.6. The number of nitro groups is 1. The molecule has 116 valence electrons. The summed E-state index contributed by atoms with van der Waals surface area (Å²) in [6.45, 7) is 1.73. The Morgan fingerprint density at radius 3 is 2.78 bits per heavy atom. The number of pyridine rings is 1. The van der Waals surface area contributed by atoms with Crippen LogP contribution in [0.1, 0.15) is 23.0 Å². The van der Waals surface area contributed by atoms with Crippen molar-refractivity contribution in [3.8, 4) is 17.2 Å². The zero-order valence-electron chi connectivity index (χ0n) is 12.0. The molecule has 1 aromatic carbocycles. The average molecular weight is 313 g/mol. The number of benzene rings is 1. The first-order chi connectivity index (χ1) is 11.0. The number of hydrogen-bond acceptors (Lipinski definition) is 6. The van der Waals surface area contributed by atoms with Crippen LogP contribution in [0.25, 0.3) is 11.1 Å². The second-order valence-electron chi connectivity index (χ2n) is 4.44.